The van der Waals surface area contributed by atoms with Gasteiger partial charge in [0.1, 0.15) is 0 Å². The first-order valence-corrected chi connectivity index (χ1v) is 9.58. The van der Waals surface area contributed by atoms with Crippen LogP contribution in [-0.2, 0) is 22.4 Å². The maximum absolute atomic E-state index is 13.0. The van der Waals surface area contributed by atoms with Gasteiger partial charge in [-0.15, -0.1) is 0 Å². The summed E-state index contributed by atoms with van der Waals surface area (Å²) >= 11 is 5.85. The van der Waals surface area contributed by atoms with Crippen molar-refractivity contribution >= 4 is 40.1 Å². The molecular weight excluding hydrogens is 376 g/mol. The quantitative estimate of drug-likeness (QED) is 0.658. The summed E-state index contributed by atoms with van der Waals surface area (Å²) in [7, 11) is 0. The zero-order valence-corrected chi connectivity index (χ0v) is 16.1. The number of hydrogen-bond acceptors (Lipinski definition) is 4. The number of fused-ring (bicyclic) bond motifs is 2. The summed E-state index contributed by atoms with van der Waals surface area (Å²) in [6, 6.07) is 14.3. The number of aromatic nitrogens is 1. The van der Waals surface area contributed by atoms with Crippen molar-refractivity contribution in [1.29, 1.82) is 0 Å². The van der Waals surface area contributed by atoms with Crippen molar-refractivity contribution in [3.8, 4) is 0 Å². The molecule has 1 N–H and O–H groups in total. The van der Waals surface area contributed by atoms with E-state index < -0.39 is 18.0 Å². The first kappa shape index (κ1) is 18.4. The fourth-order valence-corrected chi connectivity index (χ4v) is 3.62. The van der Waals surface area contributed by atoms with Gasteiger partial charge in [0, 0.05) is 21.8 Å². The van der Waals surface area contributed by atoms with Crippen LogP contribution >= 0.6 is 11.6 Å². The smallest absolute Gasteiger partial charge is 0.339 e. The summed E-state index contributed by atoms with van der Waals surface area (Å²) in [5.41, 5.74) is 3.78. The molecule has 1 aliphatic carbocycles. The molecule has 0 fully saturated rings. The van der Waals surface area contributed by atoms with E-state index in [4.69, 9.17) is 16.3 Å². The molecule has 3 aromatic rings. The van der Waals surface area contributed by atoms with Gasteiger partial charge in [0.15, 0.2) is 6.10 Å². The lowest BCUT2D eigenvalue weighted by Crippen LogP contribution is -2.30. The predicted molar refractivity (Wildman–Crippen MR) is 109 cm³/mol. The van der Waals surface area contributed by atoms with Gasteiger partial charge in [0.2, 0.25) is 0 Å². The number of esters is 1. The molecule has 1 aliphatic rings. The second kappa shape index (κ2) is 7.60. The lowest BCUT2D eigenvalue weighted by molar-refractivity contribution is -0.123. The van der Waals surface area contributed by atoms with Crippen LogP contribution in [-0.4, -0.2) is 23.0 Å². The van der Waals surface area contributed by atoms with Crippen LogP contribution < -0.4 is 5.32 Å². The van der Waals surface area contributed by atoms with Crippen LogP contribution in [0.4, 0.5) is 5.69 Å². The van der Waals surface area contributed by atoms with E-state index in [0.717, 1.165) is 41.4 Å². The summed E-state index contributed by atoms with van der Waals surface area (Å²) < 4.78 is 5.52. The highest BCUT2D eigenvalue weighted by Gasteiger charge is 2.27. The summed E-state index contributed by atoms with van der Waals surface area (Å²) in [5.74, 6) is -0.888. The highest BCUT2D eigenvalue weighted by atomic mass is 35.5. The Bertz CT molecular complexity index is 1060. The van der Waals surface area contributed by atoms with Crippen molar-refractivity contribution in [2.75, 3.05) is 5.32 Å². The zero-order valence-electron chi connectivity index (χ0n) is 15.4. The molecule has 1 heterocycles. The van der Waals surface area contributed by atoms with E-state index in [1.807, 2.05) is 24.3 Å². The van der Waals surface area contributed by atoms with E-state index in [-0.39, 0.29) is 0 Å². The zero-order chi connectivity index (χ0) is 19.7. The molecule has 6 heteroatoms. The van der Waals surface area contributed by atoms with Gasteiger partial charge in [-0.05, 0) is 62.1 Å². The third-order valence-corrected chi connectivity index (χ3v) is 5.14. The van der Waals surface area contributed by atoms with Crippen molar-refractivity contribution in [1.82, 2.24) is 4.98 Å². The summed E-state index contributed by atoms with van der Waals surface area (Å²) in [4.78, 5) is 30.1. The van der Waals surface area contributed by atoms with Crippen molar-refractivity contribution in [3.63, 3.8) is 0 Å². The number of halogens is 1. The van der Waals surface area contributed by atoms with Crippen LogP contribution in [0.15, 0.2) is 48.5 Å². The first-order valence-electron chi connectivity index (χ1n) is 9.21. The number of amides is 1. The molecule has 1 amide bonds. The van der Waals surface area contributed by atoms with Crippen LogP contribution in [0, 0.1) is 0 Å². The summed E-state index contributed by atoms with van der Waals surface area (Å²) in [5, 5.41) is 4.07. The highest BCUT2D eigenvalue weighted by molar-refractivity contribution is 6.30. The van der Waals surface area contributed by atoms with Gasteiger partial charge >= 0.3 is 5.97 Å². The SMILES string of the molecule is C[C@@H](OC(=O)c1c2c(nc3ccccc13)CCC2)C(=O)Nc1ccc(Cl)cc1. The van der Waals surface area contributed by atoms with Gasteiger partial charge < -0.3 is 10.1 Å². The monoisotopic (exact) mass is 394 g/mol. The molecular formula is C22H19ClN2O3. The number of rotatable bonds is 4. The van der Waals surface area contributed by atoms with E-state index >= 15 is 0 Å². The number of ether oxygens (including phenoxy) is 1. The Morgan fingerprint density at radius 2 is 1.86 bits per heavy atom. The third-order valence-electron chi connectivity index (χ3n) is 4.89. The molecule has 0 radical (unpaired) electrons. The number of pyridine rings is 1. The maximum Gasteiger partial charge on any atom is 0.339 e. The number of aryl methyl sites for hydroxylation is 1. The Hall–Kier alpha value is -2.92. The minimum atomic E-state index is -0.938. The molecule has 4 rings (SSSR count). The molecule has 0 saturated heterocycles. The van der Waals surface area contributed by atoms with Crippen molar-refractivity contribution in [2.24, 2.45) is 0 Å². The van der Waals surface area contributed by atoms with Gasteiger partial charge in [0.25, 0.3) is 5.91 Å². The van der Waals surface area contributed by atoms with Crippen molar-refractivity contribution in [3.05, 3.63) is 70.4 Å². The van der Waals surface area contributed by atoms with Gasteiger partial charge in [-0.25, -0.2) is 4.79 Å². The molecule has 28 heavy (non-hydrogen) atoms. The van der Waals surface area contributed by atoms with E-state index in [9.17, 15) is 9.59 Å². The Balaban J connectivity index is 1.57. The van der Waals surface area contributed by atoms with Crippen LogP contribution in [0.25, 0.3) is 10.9 Å². The Morgan fingerprint density at radius 3 is 2.64 bits per heavy atom. The molecule has 1 atom stereocenters. The predicted octanol–water partition coefficient (Wildman–Crippen LogP) is 4.56. The minimum absolute atomic E-state index is 0.398. The Labute approximate surface area is 167 Å². The number of anilines is 1. The fourth-order valence-electron chi connectivity index (χ4n) is 3.49. The minimum Gasteiger partial charge on any atom is -0.449 e. The third kappa shape index (κ3) is 3.58. The second-order valence-corrected chi connectivity index (χ2v) is 7.26. The van der Waals surface area contributed by atoms with Gasteiger partial charge in [-0.2, -0.15) is 0 Å². The lowest BCUT2D eigenvalue weighted by Gasteiger charge is -2.16. The van der Waals surface area contributed by atoms with E-state index in [1.54, 1.807) is 31.2 Å². The lowest BCUT2D eigenvalue weighted by atomic mass is 10.0. The number of para-hydroxylation sites is 1. The van der Waals surface area contributed by atoms with E-state index in [2.05, 4.69) is 10.3 Å². The largest absolute Gasteiger partial charge is 0.449 e. The molecule has 0 unspecified atom stereocenters. The maximum atomic E-state index is 13.0. The molecule has 0 spiro atoms. The second-order valence-electron chi connectivity index (χ2n) is 6.83. The average molecular weight is 395 g/mol. The Morgan fingerprint density at radius 1 is 1.11 bits per heavy atom. The number of carbonyl (C=O) groups excluding carboxylic acids is 2. The molecule has 0 saturated carbocycles. The number of nitrogens with one attached hydrogen (secondary N) is 1. The molecule has 2 aromatic carbocycles. The van der Waals surface area contributed by atoms with Gasteiger partial charge in [-0.3, -0.25) is 9.78 Å². The number of carbonyl (C=O) groups is 2. The van der Waals surface area contributed by atoms with E-state index in [1.165, 1.54) is 0 Å². The normalized spacial score (nSPS) is 13.8. The van der Waals surface area contributed by atoms with Gasteiger partial charge in [-0.1, -0.05) is 29.8 Å². The van der Waals surface area contributed by atoms with Crippen molar-refractivity contribution in [2.45, 2.75) is 32.3 Å². The summed E-state index contributed by atoms with van der Waals surface area (Å²) in [6.45, 7) is 1.56. The number of nitrogens with zero attached hydrogens (tertiary/aromatic N) is 1. The fraction of sp³-hybridized carbons (Fsp3) is 0.227. The Kier molecular flexibility index (Phi) is 5.01. The van der Waals surface area contributed by atoms with Crippen LogP contribution in [0.1, 0.15) is 35.0 Å². The van der Waals surface area contributed by atoms with Crippen LogP contribution in [0.3, 0.4) is 0 Å². The average Bonchev–Trinajstić information content (AvgIpc) is 3.15. The van der Waals surface area contributed by atoms with Crippen LogP contribution in [0.5, 0.6) is 0 Å². The molecule has 0 aliphatic heterocycles. The molecule has 5 nitrogen and oxygen atoms in total. The number of benzene rings is 2. The topological polar surface area (TPSA) is 68.3 Å². The van der Waals surface area contributed by atoms with Crippen molar-refractivity contribution < 1.29 is 14.3 Å². The summed E-state index contributed by atoms with van der Waals surface area (Å²) in [6.07, 6.45) is 1.67. The highest BCUT2D eigenvalue weighted by Crippen LogP contribution is 2.30. The molecule has 142 valence electrons. The first-order chi connectivity index (χ1) is 13.5. The molecule has 0 bridgehead atoms. The molecule has 1 aromatic heterocycles. The number of hydrogen-bond donors (Lipinski definition) is 1. The standard InChI is InChI=1S/C22H19ClN2O3/c1-13(21(26)24-15-11-9-14(23)10-12-15)28-22(27)20-16-5-2-3-7-18(16)25-19-8-4-6-17(19)20/h2-3,5,7,9-13H,4,6,8H2,1H3,(H,24,26)/t13-/m1/s1. The van der Waals surface area contributed by atoms with Gasteiger partial charge in [0.05, 0.1) is 11.1 Å². The van der Waals surface area contributed by atoms with E-state index in [0.29, 0.717) is 16.3 Å². The van der Waals surface area contributed by atoms with Crippen LogP contribution in [0.2, 0.25) is 5.02 Å².